The lowest BCUT2D eigenvalue weighted by molar-refractivity contribution is 0.0849. The highest BCUT2D eigenvalue weighted by molar-refractivity contribution is 5.52. The number of tetrazole rings is 1. The first-order chi connectivity index (χ1) is 11.7. The number of nitrogens with zero attached hydrogens (tertiary/aromatic N) is 4. The van der Waals surface area contributed by atoms with Gasteiger partial charge in [0.15, 0.2) is 0 Å². The van der Waals surface area contributed by atoms with Gasteiger partial charge in [0.2, 0.25) is 5.82 Å². The Hall–Kier alpha value is -2.93. The summed E-state index contributed by atoms with van der Waals surface area (Å²) in [5, 5.41) is 22.3. The van der Waals surface area contributed by atoms with E-state index in [2.05, 4.69) is 15.4 Å². The van der Waals surface area contributed by atoms with E-state index in [1.165, 1.54) is 4.80 Å². The van der Waals surface area contributed by atoms with Gasteiger partial charge in [-0.2, -0.15) is 4.80 Å². The maximum absolute atomic E-state index is 10.1. The van der Waals surface area contributed by atoms with Gasteiger partial charge in [0.1, 0.15) is 24.2 Å². The SMILES string of the molecule is COc1ccc(OC[C@H](O)Cn2nnc(-c3ccccc3)n2)cc1. The molecular weight excluding hydrogens is 308 g/mol. The Morgan fingerprint density at radius 3 is 2.46 bits per heavy atom. The summed E-state index contributed by atoms with van der Waals surface area (Å²) in [5.41, 5.74) is 0.882. The Labute approximate surface area is 139 Å². The molecule has 0 aliphatic heterocycles. The summed E-state index contributed by atoms with van der Waals surface area (Å²) >= 11 is 0. The second-order valence-electron chi connectivity index (χ2n) is 5.17. The molecule has 124 valence electrons. The minimum absolute atomic E-state index is 0.133. The monoisotopic (exact) mass is 326 g/mol. The van der Waals surface area contributed by atoms with E-state index in [1.807, 2.05) is 30.3 Å². The Morgan fingerprint density at radius 1 is 1.04 bits per heavy atom. The molecule has 0 unspecified atom stereocenters. The van der Waals surface area contributed by atoms with Crippen LogP contribution in [0.1, 0.15) is 0 Å². The van der Waals surface area contributed by atoms with Crippen LogP contribution in [0, 0.1) is 0 Å². The number of aromatic nitrogens is 4. The number of methoxy groups -OCH3 is 1. The first-order valence-electron chi connectivity index (χ1n) is 7.53. The molecule has 1 N–H and O–H groups in total. The van der Waals surface area contributed by atoms with E-state index in [0.29, 0.717) is 11.6 Å². The van der Waals surface area contributed by atoms with E-state index in [4.69, 9.17) is 9.47 Å². The molecule has 1 aromatic heterocycles. The van der Waals surface area contributed by atoms with Crippen molar-refractivity contribution in [2.24, 2.45) is 0 Å². The van der Waals surface area contributed by atoms with E-state index >= 15 is 0 Å². The van der Waals surface area contributed by atoms with Crippen LogP contribution in [-0.2, 0) is 6.54 Å². The fraction of sp³-hybridized carbons (Fsp3) is 0.235. The minimum Gasteiger partial charge on any atom is -0.497 e. The van der Waals surface area contributed by atoms with Crippen LogP contribution in [0.5, 0.6) is 11.5 Å². The van der Waals surface area contributed by atoms with Crippen molar-refractivity contribution in [3.05, 3.63) is 54.6 Å². The molecule has 3 aromatic rings. The van der Waals surface area contributed by atoms with Crippen molar-refractivity contribution in [2.75, 3.05) is 13.7 Å². The van der Waals surface area contributed by atoms with Crippen molar-refractivity contribution in [1.82, 2.24) is 20.2 Å². The molecule has 0 amide bonds. The Balaban J connectivity index is 1.53. The van der Waals surface area contributed by atoms with Crippen LogP contribution in [0.2, 0.25) is 0 Å². The normalized spacial score (nSPS) is 11.9. The first-order valence-corrected chi connectivity index (χ1v) is 7.53. The molecule has 7 heteroatoms. The Kier molecular flexibility index (Phi) is 5.02. The van der Waals surface area contributed by atoms with Crippen molar-refractivity contribution in [3.8, 4) is 22.9 Å². The van der Waals surface area contributed by atoms with Gasteiger partial charge in [-0.25, -0.2) is 0 Å². The third kappa shape index (κ3) is 4.08. The molecule has 7 nitrogen and oxygen atoms in total. The van der Waals surface area contributed by atoms with Crippen molar-refractivity contribution < 1.29 is 14.6 Å². The fourth-order valence-corrected chi connectivity index (χ4v) is 2.13. The molecule has 0 aliphatic carbocycles. The lowest BCUT2D eigenvalue weighted by atomic mass is 10.2. The summed E-state index contributed by atoms with van der Waals surface area (Å²) in [7, 11) is 1.61. The highest BCUT2D eigenvalue weighted by Gasteiger charge is 2.11. The Bertz CT molecular complexity index is 759. The third-order valence-electron chi connectivity index (χ3n) is 3.36. The van der Waals surface area contributed by atoms with Gasteiger partial charge in [0.05, 0.1) is 13.7 Å². The second kappa shape index (κ2) is 7.56. The van der Waals surface area contributed by atoms with E-state index in [0.717, 1.165) is 11.3 Å². The molecule has 0 spiro atoms. The van der Waals surface area contributed by atoms with Crippen molar-refractivity contribution in [1.29, 1.82) is 0 Å². The summed E-state index contributed by atoms with van der Waals surface area (Å²) < 4.78 is 10.6. The number of aliphatic hydroxyl groups excluding tert-OH is 1. The van der Waals surface area contributed by atoms with E-state index in [1.54, 1.807) is 31.4 Å². The molecular formula is C17H18N4O3. The molecule has 0 bridgehead atoms. The molecule has 2 aromatic carbocycles. The quantitative estimate of drug-likeness (QED) is 0.713. The molecule has 3 rings (SSSR count). The minimum atomic E-state index is -0.745. The van der Waals surface area contributed by atoms with Gasteiger partial charge in [-0.05, 0) is 29.5 Å². The van der Waals surface area contributed by atoms with E-state index in [-0.39, 0.29) is 13.2 Å². The number of benzene rings is 2. The topological polar surface area (TPSA) is 82.3 Å². The maximum Gasteiger partial charge on any atom is 0.204 e. The summed E-state index contributed by atoms with van der Waals surface area (Å²) in [6.07, 6.45) is -0.745. The second-order valence-corrected chi connectivity index (χ2v) is 5.17. The molecule has 0 fully saturated rings. The van der Waals surface area contributed by atoms with Crippen LogP contribution in [0.4, 0.5) is 0 Å². The third-order valence-corrected chi connectivity index (χ3v) is 3.36. The van der Waals surface area contributed by atoms with Gasteiger partial charge in [-0.1, -0.05) is 30.3 Å². The van der Waals surface area contributed by atoms with Gasteiger partial charge >= 0.3 is 0 Å². The number of aliphatic hydroxyl groups is 1. The predicted molar refractivity (Wildman–Crippen MR) is 87.7 cm³/mol. The number of hydrogen-bond acceptors (Lipinski definition) is 6. The highest BCUT2D eigenvalue weighted by Crippen LogP contribution is 2.17. The van der Waals surface area contributed by atoms with E-state index in [9.17, 15) is 5.11 Å². The van der Waals surface area contributed by atoms with Crippen molar-refractivity contribution >= 4 is 0 Å². The van der Waals surface area contributed by atoms with E-state index < -0.39 is 6.10 Å². The van der Waals surface area contributed by atoms with Gasteiger partial charge in [-0.3, -0.25) is 0 Å². The average molecular weight is 326 g/mol. The lowest BCUT2D eigenvalue weighted by Crippen LogP contribution is -2.24. The van der Waals surface area contributed by atoms with Gasteiger partial charge in [-0.15, -0.1) is 10.2 Å². The summed E-state index contributed by atoms with van der Waals surface area (Å²) in [6.45, 7) is 0.338. The molecule has 0 saturated heterocycles. The lowest BCUT2D eigenvalue weighted by Gasteiger charge is -2.11. The average Bonchev–Trinajstić information content (AvgIpc) is 3.09. The summed E-state index contributed by atoms with van der Waals surface area (Å²) in [6, 6.07) is 16.7. The number of hydrogen-bond donors (Lipinski definition) is 1. The zero-order valence-electron chi connectivity index (χ0n) is 13.2. The van der Waals surface area contributed by atoms with Crippen molar-refractivity contribution in [3.63, 3.8) is 0 Å². The zero-order chi connectivity index (χ0) is 16.8. The smallest absolute Gasteiger partial charge is 0.204 e. The standard InChI is InChI=1S/C17H18N4O3/c1-23-15-7-9-16(10-8-15)24-12-14(22)11-21-19-17(18-20-21)13-5-3-2-4-6-13/h2-10,14,22H,11-12H2,1H3/t14-/m1/s1. The highest BCUT2D eigenvalue weighted by atomic mass is 16.5. The van der Waals surface area contributed by atoms with Crippen LogP contribution in [-0.4, -0.2) is 45.1 Å². The zero-order valence-corrected chi connectivity index (χ0v) is 13.2. The Morgan fingerprint density at radius 2 is 1.75 bits per heavy atom. The molecule has 0 radical (unpaired) electrons. The number of rotatable bonds is 7. The van der Waals surface area contributed by atoms with Gasteiger partial charge in [0.25, 0.3) is 0 Å². The van der Waals surface area contributed by atoms with Crippen LogP contribution in [0.25, 0.3) is 11.4 Å². The van der Waals surface area contributed by atoms with Crippen LogP contribution in [0.15, 0.2) is 54.6 Å². The summed E-state index contributed by atoms with van der Waals surface area (Å²) in [4.78, 5) is 1.37. The molecule has 1 atom stereocenters. The van der Waals surface area contributed by atoms with Gasteiger partial charge < -0.3 is 14.6 Å². The first kappa shape index (κ1) is 15.9. The predicted octanol–water partition coefficient (Wildman–Crippen LogP) is 1.79. The van der Waals surface area contributed by atoms with Crippen LogP contribution < -0.4 is 9.47 Å². The molecule has 0 aliphatic rings. The molecule has 1 heterocycles. The maximum atomic E-state index is 10.1. The van der Waals surface area contributed by atoms with Crippen molar-refractivity contribution in [2.45, 2.75) is 12.6 Å². The van der Waals surface area contributed by atoms with Gasteiger partial charge in [0, 0.05) is 5.56 Å². The number of ether oxygens (including phenoxy) is 2. The van der Waals surface area contributed by atoms with Crippen LogP contribution >= 0.6 is 0 Å². The summed E-state index contributed by atoms with van der Waals surface area (Å²) in [5.74, 6) is 1.94. The fourth-order valence-electron chi connectivity index (χ4n) is 2.13. The van der Waals surface area contributed by atoms with Crippen LogP contribution in [0.3, 0.4) is 0 Å². The molecule has 24 heavy (non-hydrogen) atoms. The molecule has 0 saturated carbocycles. The largest absolute Gasteiger partial charge is 0.497 e.